The van der Waals surface area contributed by atoms with Gasteiger partial charge in [0.2, 0.25) is 0 Å². The van der Waals surface area contributed by atoms with Gasteiger partial charge < -0.3 is 5.32 Å². The third kappa shape index (κ3) is 4.36. The van der Waals surface area contributed by atoms with Crippen molar-refractivity contribution >= 4 is 11.6 Å². The van der Waals surface area contributed by atoms with Crippen LogP contribution in [0.2, 0.25) is 5.02 Å². The minimum absolute atomic E-state index is 0.497. The van der Waals surface area contributed by atoms with E-state index >= 15 is 0 Å². The van der Waals surface area contributed by atoms with E-state index in [1.54, 1.807) is 0 Å². The first kappa shape index (κ1) is 15.1. The molecule has 0 aromatic heterocycles. The van der Waals surface area contributed by atoms with Gasteiger partial charge in [-0.25, -0.2) is 0 Å². The Bertz CT molecular complexity index is 516. The molecule has 1 N–H and O–H groups in total. The van der Waals surface area contributed by atoms with E-state index in [4.69, 9.17) is 11.6 Å². The Labute approximate surface area is 127 Å². The van der Waals surface area contributed by atoms with Crippen molar-refractivity contribution in [1.82, 2.24) is 5.32 Å². The fourth-order valence-corrected chi connectivity index (χ4v) is 2.50. The van der Waals surface area contributed by atoms with E-state index < -0.39 is 0 Å². The number of benzene rings is 2. The minimum atomic E-state index is 0.497. The molecule has 2 aromatic rings. The Morgan fingerprint density at radius 3 is 2.25 bits per heavy atom. The summed E-state index contributed by atoms with van der Waals surface area (Å²) in [5.41, 5.74) is 4.03. The molecule has 0 bridgehead atoms. The Morgan fingerprint density at radius 1 is 1.00 bits per heavy atom. The quantitative estimate of drug-likeness (QED) is 0.820. The smallest absolute Gasteiger partial charge is 0.0406 e. The predicted molar refractivity (Wildman–Crippen MR) is 87.6 cm³/mol. The minimum Gasteiger partial charge on any atom is -0.316 e. The van der Waals surface area contributed by atoms with Crippen molar-refractivity contribution in [2.24, 2.45) is 0 Å². The molecule has 0 heterocycles. The Morgan fingerprint density at radius 2 is 1.65 bits per heavy atom. The van der Waals surface area contributed by atoms with Gasteiger partial charge in [-0.3, -0.25) is 0 Å². The summed E-state index contributed by atoms with van der Waals surface area (Å²) in [6.07, 6.45) is 1.03. The van der Waals surface area contributed by atoms with Gasteiger partial charge in [0.1, 0.15) is 0 Å². The SMILES string of the molecule is CCNCC(Cc1ccc(Cl)cc1)c1ccc(C)cc1. The molecule has 1 atom stereocenters. The Balaban J connectivity index is 2.14. The van der Waals surface area contributed by atoms with E-state index in [0.717, 1.165) is 24.5 Å². The number of likely N-dealkylation sites (N-methyl/N-ethyl adjacent to an activating group) is 1. The van der Waals surface area contributed by atoms with Crippen LogP contribution >= 0.6 is 11.6 Å². The van der Waals surface area contributed by atoms with Crippen molar-refractivity contribution < 1.29 is 0 Å². The number of halogens is 1. The fraction of sp³-hybridized carbons (Fsp3) is 0.333. The topological polar surface area (TPSA) is 12.0 Å². The summed E-state index contributed by atoms with van der Waals surface area (Å²) in [5, 5.41) is 4.27. The molecule has 1 nitrogen and oxygen atoms in total. The number of nitrogens with one attached hydrogen (secondary N) is 1. The van der Waals surface area contributed by atoms with E-state index in [1.807, 2.05) is 12.1 Å². The van der Waals surface area contributed by atoms with Crippen molar-refractivity contribution in [2.45, 2.75) is 26.2 Å². The van der Waals surface area contributed by atoms with Crippen molar-refractivity contribution in [1.29, 1.82) is 0 Å². The lowest BCUT2D eigenvalue weighted by atomic mass is 9.91. The highest BCUT2D eigenvalue weighted by atomic mass is 35.5. The van der Waals surface area contributed by atoms with Crippen LogP contribution in [0.25, 0.3) is 0 Å². The molecular weight excluding hydrogens is 266 g/mol. The molecule has 0 aliphatic rings. The molecule has 0 aliphatic heterocycles. The number of hydrogen-bond donors (Lipinski definition) is 1. The van der Waals surface area contributed by atoms with Gasteiger partial charge in [-0.15, -0.1) is 0 Å². The fourth-order valence-electron chi connectivity index (χ4n) is 2.37. The van der Waals surface area contributed by atoms with Crippen molar-refractivity contribution in [2.75, 3.05) is 13.1 Å². The highest BCUT2D eigenvalue weighted by Gasteiger charge is 2.12. The highest BCUT2D eigenvalue weighted by molar-refractivity contribution is 6.30. The zero-order chi connectivity index (χ0) is 14.4. The predicted octanol–water partition coefficient (Wildman–Crippen LogP) is 4.58. The molecule has 2 rings (SSSR count). The molecule has 0 fully saturated rings. The van der Waals surface area contributed by atoms with Gasteiger partial charge in [0.15, 0.2) is 0 Å². The average molecular weight is 288 g/mol. The first-order chi connectivity index (χ1) is 9.69. The molecule has 0 aliphatic carbocycles. The second-order valence-electron chi connectivity index (χ2n) is 5.25. The summed E-state index contributed by atoms with van der Waals surface area (Å²) >= 11 is 5.95. The molecule has 2 heteroatoms. The Kier molecular flexibility index (Phi) is 5.63. The molecule has 0 saturated carbocycles. The first-order valence-electron chi connectivity index (χ1n) is 7.20. The lowest BCUT2D eigenvalue weighted by Crippen LogP contribution is -2.22. The van der Waals surface area contributed by atoms with Crippen LogP contribution < -0.4 is 5.32 Å². The van der Waals surface area contributed by atoms with E-state index in [1.165, 1.54) is 16.7 Å². The van der Waals surface area contributed by atoms with Crippen LogP contribution in [0.15, 0.2) is 48.5 Å². The van der Waals surface area contributed by atoms with Gasteiger partial charge in [-0.2, -0.15) is 0 Å². The standard InChI is InChI=1S/C18H22ClN/c1-3-20-13-17(16-8-4-14(2)5-9-16)12-15-6-10-18(19)11-7-15/h4-11,17,20H,3,12-13H2,1-2H3. The summed E-state index contributed by atoms with van der Waals surface area (Å²) in [7, 11) is 0. The first-order valence-corrected chi connectivity index (χ1v) is 7.58. The van der Waals surface area contributed by atoms with Crippen molar-refractivity contribution in [3.63, 3.8) is 0 Å². The lowest BCUT2D eigenvalue weighted by molar-refractivity contribution is 0.595. The van der Waals surface area contributed by atoms with Gasteiger partial charge >= 0.3 is 0 Å². The molecule has 0 radical (unpaired) electrons. The summed E-state index contributed by atoms with van der Waals surface area (Å²) in [5.74, 6) is 0.497. The maximum Gasteiger partial charge on any atom is 0.0406 e. The van der Waals surface area contributed by atoms with Gasteiger partial charge in [0, 0.05) is 17.5 Å². The molecule has 1 unspecified atom stereocenters. The summed E-state index contributed by atoms with van der Waals surface area (Å²) in [4.78, 5) is 0. The number of hydrogen-bond acceptors (Lipinski definition) is 1. The normalized spacial score (nSPS) is 12.3. The van der Waals surface area contributed by atoms with E-state index in [-0.39, 0.29) is 0 Å². The zero-order valence-corrected chi connectivity index (χ0v) is 13.0. The molecule has 106 valence electrons. The van der Waals surface area contributed by atoms with Crippen LogP contribution in [-0.4, -0.2) is 13.1 Å². The second-order valence-corrected chi connectivity index (χ2v) is 5.68. The van der Waals surface area contributed by atoms with Crippen LogP contribution in [0.1, 0.15) is 29.5 Å². The lowest BCUT2D eigenvalue weighted by Gasteiger charge is -2.18. The summed E-state index contributed by atoms with van der Waals surface area (Å²) < 4.78 is 0. The maximum absolute atomic E-state index is 5.95. The highest BCUT2D eigenvalue weighted by Crippen LogP contribution is 2.22. The zero-order valence-electron chi connectivity index (χ0n) is 12.2. The molecule has 20 heavy (non-hydrogen) atoms. The van der Waals surface area contributed by atoms with Crippen molar-refractivity contribution in [3.8, 4) is 0 Å². The number of rotatable bonds is 6. The second kappa shape index (κ2) is 7.47. The Hall–Kier alpha value is -1.31. The van der Waals surface area contributed by atoms with Crippen LogP contribution in [-0.2, 0) is 6.42 Å². The third-order valence-corrected chi connectivity index (χ3v) is 3.84. The van der Waals surface area contributed by atoms with Gasteiger partial charge in [0.25, 0.3) is 0 Å². The van der Waals surface area contributed by atoms with Gasteiger partial charge in [-0.1, -0.05) is 60.5 Å². The monoisotopic (exact) mass is 287 g/mol. The number of aryl methyl sites for hydroxylation is 1. The van der Waals surface area contributed by atoms with Gasteiger partial charge in [0.05, 0.1) is 0 Å². The largest absolute Gasteiger partial charge is 0.316 e. The van der Waals surface area contributed by atoms with Crippen molar-refractivity contribution in [3.05, 3.63) is 70.2 Å². The van der Waals surface area contributed by atoms with E-state index in [0.29, 0.717) is 5.92 Å². The van der Waals surface area contributed by atoms with Crippen LogP contribution in [0.5, 0.6) is 0 Å². The van der Waals surface area contributed by atoms with Crippen LogP contribution in [0.4, 0.5) is 0 Å². The summed E-state index contributed by atoms with van der Waals surface area (Å²) in [6.45, 7) is 6.28. The van der Waals surface area contributed by atoms with Crippen LogP contribution in [0, 0.1) is 6.92 Å². The molecule has 0 spiro atoms. The summed E-state index contributed by atoms with van der Waals surface area (Å²) in [6, 6.07) is 17.0. The molecular formula is C18H22ClN. The van der Waals surface area contributed by atoms with E-state index in [9.17, 15) is 0 Å². The van der Waals surface area contributed by atoms with E-state index in [2.05, 4.69) is 55.6 Å². The van der Waals surface area contributed by atoms with Crippen LogP contribution in [0.3, 0.4) is 0 Å². The molecule has 0 amide bonds. The maximum atomic E-state index is 5.95. The average Bonchev–Trinajstić information content (AvgIpc) is 2.46. The van der Waals surface area contributed by atoms with Gasteiger partial charge in [-0.05, 0) is 43.1 Å². The molecule has 2 aromatic carbocycles. The third-order valence-electron chi connectivity index (χ3n) is 3.58. The molecule has 0 saturated heterocycles.